The van der Waals surface area contributed by atoms with E-state index < -0.39 is 0 Å². The first-order valence-electron chi connectivity index (χ1n) is 7.44. The molecule has 0 fully saturated rings. The number of rotatable bonds is 4. The van der Waals surface area contributed by atoms with Gasteiger partial charge in [-0.1, -0.05) is 30.3 Å². The van der Waals surface area contributed by atoms with Gasteiger partial charge in [-0.3, -0.25) is 4.79 Å². The van der Waals surface area contributed by atoms with Crippen molar-refractivity contribution in [1.29, 1.82) is 0 Å². The molecular weight excluding hydrogens is 308 g/mol. The smallest absolute Gasteiger partial charge is 0.264 e. The molecular formula is C18H18N2O2S. The van der Waals surface area contributed by atoms with Gasteiger partial charge in [0.2, 0.25) is 0 Å². The van der Waals surface area contributed by atoms with Crippen LogP contribution in [0, 0.1) is 13.8 Å². The van der Waals surface area contributed by atoms with E-state index in [1.54, 1.807) is 0 Å². The van der Waals surface area contributed by atoms with Crippen molar-refractivity contribution in [3.63, 3.8) is 0 Å². The lowest BCUT2D eigenvalue weighted by molar-refractivity contribution is 0.0939. The van der Waals surface area contributed by atoms with Crippen molar-refractivity contribution in [2.75, 3.05) is 0 Å². The van der Waals surface area contributed by atoms with Crippen molar-refractivity contribution in [2.24, 2.45) is 0 Å². The second-order valence-electron chi connectivity index (χ2n) is 5.42. The topological polar surface area (TPSA) is 55.1 Å². The van der Waals surface area contributed by atoms with Crippen molar-refractivity contribution < 1.29 is 9.21 Å². The molecule has 2 heterocycles. The Hall–Kier alpha value is -2.40. The molecule has 2 aromatic heterocycles. The van der Waals surface area contributed by atoms with E-state index in [0.717, 1.165) is 27.8 Å². The third kappa shape index (κ3) is 3.35. The fourth-order valence-electron chi connectivity index (χ4n) is 2.39. The van der Waals surface area contributed by atoms with E-state index >= 15 is 0 Å². The Balaban J connectivity index is 1.85. The molecule has 1 N–H and O–H groups in total. The molecule has 0 spiro atoms. The van der Waals surface area contributed by atoms with Crippen molar-refractivity contribution in [2.45, 2.75) is 26.8 Å². The standard InChI is InChI=1S/C18H18N2O2S/c1-11-9-10-15(22-11)12(2)19-18(21)17-16(20-13(3)23-17)14-7-5-4-6-8-14/h4-10,12H,1-3H3,(H,19,21). The third-order valence-electron chi connectivity index (χ3n) is 3.52. The van der Waals surface area contributed by atoms with Crippen LogP contribution in [0.3, 0.4) is 0 Å². The molecule has 0 aliphatic rings. The fourth-order valence-corrected chi connectivity index (χ4v) is 3.24. The van der Waals surface area contributed by atoms with Crippen molar-refractivity contribution in [3.8, 4) is 11.3 Å². The molecule has 3 aromatic rings. The molecule has 1 amide bonds. The Kier molecular flexibility index (Phi) is 4.30. The lowest BCUT2D eigenvalue weighted by Gasteiger charge is -2.11. The second-order valence-corrected chi connectivity index (χ2v) is 6.62. The van der Waals surface area contributed by atoms with Crippen molar-refractivity contribution in [1.82, 2.24) is 10.3 Å². The van der Waals surface area contributed by atoms with Crippen LogP contribution in [0.5, 0.6) is 0 Å². The van der Waals surface area contributed by atoms with Gasteiger partial charge in [0, 0.05) is 5.56 Å². The summed E-state index contributed by atoms with van der Waals surface area (Å²) in [6, 6.07) is 13.3. The summed E-state index contributed by atoms with van der Waals surface area (Å²) in [5, 5.41) is 3.86. The zero-order valence-electron chi connectivity index (χ0n) is 13.3. The first-order valence-corrected chi connectivity index (χ1v) is 8.26. The Morgan fingerprint density at radius 3 is 2.57 bits per heavy atom. The Labute approximate surface area is 139 Å². The summed E-state index contributed by atoms with van der Waals surface area (Å²) in [6.45, 7) is 5.71. The summed E-state index contributed by atoms with van der Waals surface area (Å²) in [5.74, 6) is 1.45. The van der Waals surface area contributed by atoms with E-state index in [0.29, 0.717) is 4.88 Å². The van der Waals surface area contributed by atoms with Gasteiger partial charge in [0.25, 0.3) is 5.91 Å². The first kappa shape index (κ1) is 15.5. The number of aromatic nitrogens is 1. The minimum Gasteiger partial charge on any atom is -0.464 e. The number of furan rings is 1. The Bertz CT molecular complexity index is 821. The van der Waals surface area contributed by atoms with Crippen LogP contribution in [0.2, 0.25) is 0 Å². The fraction of sp³-hybridized carbons (Fsp3) is 0.222. The largest absolute Gasteiger partial charge is 0.464 e. The zero-order chi connectivity index (χ0) is 16.4. The lowest BCUT2D eigenvalue weighted by Crippen LogP contribution is -2.26. The van der Waals surface area contributed by atoms with Crippen LogP contribution < -0.4 is 5.32 Å². The van der Waals surface area contributed by atoms with E-state index in [1.807, 2.05) is 63.2 Å². The van der Waals surface area contributed by atoms with E-state index in [4.69, 9.17) is 4.42 Å². The molecule has 23 heavy (non-hydrogen) atoms. The molecule has 0 saturated heterocycles. The maximum atomic E-state index is 12.7. The van der Waals surface area contributed by atoms with Crippen LogP contribution in [0.1, 0.15) is 39.2 Å². The number of hydrogen-bond acceptors (Lipinski definition) is 4. The number of hydrogen-bond donors (Lipinski definition) is 1. The third-order valence-corrected chi connectivity index (χ3v) is 4.49. The number of thiazole rings is 1. The number of carbonyl (C=O) groups excluding carboxylic acids is 1. The molecule has 0 bridgehead atoms. The van der Waals surface area contributed by atoms with Gasteiger partial charge in [0.05, 0.1) is 16.7 Å². The molecule has 118 valence electrons. The molecule has 0 radical (unpaired) electrons. The van der Waals surface area contributed by atoms with Gasteiger partial charge in [0.1, 0.15) is 16.4 Å². The molecule has 3 rings (SSSR count). The molecule has 5 heteroatoms. The van der Waals surface area contributed by atoms with Gasteiger partial charge in [-0.05, 0) is 32.9 Å². The number of aryl methyl sites for hydroxylation is 2. The Morgan fingerprint density at radius 2 is 1.91 bits per heavy atom. The minimum atomic E-state index is -0.192. The first-order chi connectivity index (χ1) is 11.0. The maximum Gasteiger partial charge on any atom is 0.264 e. The SMILES string of the molecule is Cc1ccc(C(C)NC(=O)c2sc(C)nc2-c2ccccc2)o1. The second kappa shape index (κ2) is 6.38. The zero-order valence-corrected chi connectivity index (χ0v) is 14.1. The van der Waals surface area contributed by atoms with Crippen LogP contribution in [0.15, 0.2) is 46.9 Å². The summed E-state index contributed by atoms with van der Waals surface area (Å²) in [6.07, 6.45) is 0. The molecule has 4 nitrogen and oxygen atoms in total. The number of nitrogens with zero attached hydrogens (tertiary/aromatic N) is 1. The van der Waals surface area contributed by atoms with Gasteiger partial charge in [-0.25, -0.2) is 4.98 Å². The van der Waals surface area contributed by atoms with Crippen molar-refractivity contribution >= 4 is 17.2 Å². The number of nitrogens with one attached hydrogen (secondary N) is 1. The van der Waals surface area contributed by atoms with Crippen LogP contribution in [-0.4, -0.2) is 10.9 Å². The number of benzene rings is 1. The lowest BCUT2D eigenvalue weighted by atomic mass is 10.1. The molecule has 0 aliphatic heterocycles. The van der Waals surface area contributed by atoms with E-state index in [9.17, 15) is 4.79 Å². The predicted molar refractivity (Wildman–Crippen MR) is 91.6 cm³/mol. The van der Waals surface area contributed by atoms with Crippen LogP contribution in [0.25, 0.3) is 11.3 Å². The highest BCUT2D eigenvalue weighted by molar-refractivity contribution is 7.14. The van der Waals surface area contributed by atoms with E-state index in [1.165, 1.54) is 11.3 Å². The summed E-state index contributed by atoms with van der Waals surface area (Å²) in [5.41, 5.74) is 1.68. The quantitative estimate of drug-likeness (QED) is 0.767. The summed E-state index contributed by atoms with van der Waals surface area (Å²) in [4.78, 5) is 17.8. The van der Waals surface area contributed by atoms with E-state index in [2.05, 4.69) is 10.3 Å². The van der Waals surface area contributed by atoms with Gasteiger partial charge < -0.3 is 9.73 Å². The average molecular weight is 326 g/mol. The predicted octanol–water partition coefficient (Wildman–Crippen LogP) is 4.51. The molecule has 1 aromatic carbocycles. The van der Waals surface area contributed by atoms with Crippen LogP contribution in [-0.2, 0) is 0 Å². The molecule has 0 saturated carbocycles. The monoisotopic (exact) mass is 326 g/mol. The minimum absolute atomic E-state index is 0.129. The van der Waals surface area contributed by atoms with Gasteiger partial charge in [-0.15, -0.1) is 11.3 Å². The molecule has 1 atom stereocenters. The highest BCUT2D eigenvalue weighted by Gasteiger charge is 2.21. The number of carbonyl (C=O) groups is 1. The molecule has 1 unspecified atom stereocenters. The van der Waals surface area contributed by atoms with Crippen LogP contribution in [0.4, 0.5) is 0 Å². The highest BCUT2D eigenvalue weighted by Crippen LogP contribution is 2.28. The Morgan fingerprint density at radius 1 is 1.17 bits per heavy atom. The summed E-state index contributed by atoms with van der Waals surface area (Å²) < 4.78 is 5.58. The normalized spacial score (nSPS) is 12.1. The van der Waals surface area contributed by atoms with Gasteiger partial charge in [0.15, 0.2) is 0 Å². The van der Waals surface area contributed by atoms with Crippen molar-refractivity contribution in [3.05, 3.63) is 63.9 Å². The maximum absolute atomic E-state index is 12.7. The average Bonchev–Trinajstić information content (AvgIpc) is 3.14. The summed E-state index contributed by atoms with van der Waals surface area (Å²) >= 11 is 1.41. The van der Waals surface area contributed by atoms with Gasteiger partial charge in [-0.2, -0.15) is 0 Å². The van der Waals surface area contributed by atoms with Gasteiger partial charge >= 0.3 is 0 Å². The van der Waals surface area contributed by atoms with E-state index in [-0.39, 0.29) is 11.9 Å². The highest BCUT2D eigenvalue weighted by atomic mass is 32.1. The number of amides is 1. The van der Waals surface area contributed by atoms with Crippen LogP contribution >= 0.6 is 11.3 Å². The summed E-state index contributed by atoms with van der Waals surface area (Å²) in [7, 11) is 0. The molecule has 0 aliphatic carbocycles.